The predicted octanol–water partition coefficient (Wildman–Crippen LogP) is 4.01. The van der Waals surface area contributed by atoms with Crippen LogP contribution in [0.2, 0.25) is 0 Å². The SMILES string of the molecule is CCNC(=NCc1cc(OC)c(OCC)c(OC)c1)NCc1coc(-c2ccccc2)n1. The van der Waals surface area contributed by atoms with Gasteiger partial charge in [-0.1, -0.05) is 18.2 Å². The Morgan fingerprint density at radius 1 is 1.03 bits per heavy atom. The molecule has 8 heteroatoms. The molecule has 1 heterocycles. The third-order valence-electron chi connectivity index (χ3n) is 4.58. The number of hydrogen-bond donors (Lipinski definition) is 2. The van der Waals surface area contributed by atoms with Crippen LogP contribution in [-0.2, 0) is 13.1 Å². The van der Waals surface area contributed by atoms with Crippen LogP contribution in [0.3, 0.4) is 0 Å². The van der Waals surface area contributed by atoms with E-state index in [0.717, 1.165) is 23.4 Å². The van der Waals surface area contributed by atoms with Gasteiger partial charge in [-0.2, -0.15) is 0 Å². The van der Waals surface area contributed by atoms with Crippen LogP contribution in [0.25, 0.3) is 11.5 Å². The Labute approximate surface area is 188 Å². The van der Waals surface area contributed by atoms with E-state index in [2.05, 4.69) is 20.6 Å². The average molecular weight is 439 g/mol. The van der Waals surface area contributed by atoms with Crippen LogP contribution in [0.15, 0.2) is 58.1 Å². The molecule has 0 saturated heterocycles. The van der Waals surface area contributed by atoms with E-state index < -0.39 is 0 Å². The first-order valence-corrected chi connectivity index (χ1v) is 10.6. The van der Waals surface area contributed by atoms with Gasteiger partial charge >= 0.3 is 0 Å². The van der Waals surface area contributed by atoms with Crippen LogP contribution in [0.1, 0.15) is 25.1 Å². The van der Waals surface area contributed by atoms with Crippen molar-refractivity contribution in [3.8, 4) is 28.7 Å². The Morgan fingerprint density at radius 2 is 1.75 bits per heavy atom. The van der Waals surface area contributed by atoms with Crippen LogP contribution in [0.4, 0.5) is 0 Å². The molecular formula is C24H30N4O4. The van der Waals surface area contributed by atoms with Gasteiger partial charge in [-0.25, -0.2) is 9.98 Å². The van der Waals surface area contributed by atoms with E-state index in [1.54, 1.807) is 20.5 Å². The molecule has 0 unspecified atom stereocenters. The first-order valence-electron chi connectivity index (χ1n) is 10.6. The van der Waals surface area contributed by atoms with Crippen LogP contribution >= 0.6 is 0 Å². The Balaban J connectivity index is 1.69. The van der Waals surface area contributed by atoms with Crippen molar-refractivity contribution in [2.24, 2.45) is 4.99 Å². The summed E-state index contributed by atoms with van der Waals surface area (Å²) < 4.78 is 22.2. The number of hydrogen-bond acceptors (Lipinski definition) is 6. The number of aromatic nitrogens is 1. The molecule has 1 aromatic heterocycles. The van der Waals surface area contributed by atoms with E-state index in [4.69, 9.17) is 18.6 Å². The largest absolute Gasteiger partial charge is 0.493 e. The minimum atomic E-state index is 0.433. The van der Waals surface area contributed by atoms with Crippen LogP contribution < -0.4 is 24.8 Å². The second-order valence-electron chi connectivity index (χ2n) is 6.82. The van der Waals surface area contributed by atoms with E-state index in [1.807, 2.05) is 56.3 Å². The number of methoxy groups -OCH3 is 2. The standard InChI is InChI=1S/C24H30N4O4/c1-5-25-24(27-15-19-16-32-23(28-19)18-10-8-7-9-11-18)26-14-17-12-20(29-3)22(31-6-2)21(13-17)30-4/h7-13,16H,5-6,14-15H2,1-4H3,(H2,25,26,27). The zero-order valence-electron chi connectivity index (χ0n) is 19.0. The van der Waals surface area contributed by atoms with E-state index in [9.17, 15) is 0 Å². The molecule has 0 atom stereocenters. The molecule has 2 N–H and O–H groups in total. The van der Waals surface area contributed by atoms with Gasteiger partial charge in [-0.15, -0.1) is 0 Å². The molecule has 3 aromatic rings. The van der Waals surface area contributed by atoms with Gasteiger partial charge in [0.15, 0.2) is 17.5 Å². The van der Waals surface area contributed by atoms with Crippen molar-refractivity contribution in [3.05, 3.63) is 60.0 Å². The molecule has 0 spiro atoms. The molecule has 0 saturated carbocycles. The minimum Gasteiger partial charge on any atom is -0.493 e. The van der Waals surface area contributed by atoms with Crippen molar-refractivity contribution in [1.29, 1.82) is 0 Å². The van der Waals surface area contributed by atoms with Crippen molar-refractivity contribution in [1.82, 2.24) is 15.6 Å². The van der Waals surface area contributed by atoms with Crippen molar-refractivity contribution in [2.75, 3.05) is 27.4 Å². The molecule has 170 valence electrons. The number of guanidine groups is 1. The smallest absolute Gasteiger partial charge is 0.226 e. The van der Waals surface area contributed by atoms with Gasteiger partial charge < -0.3 is 29.3 Å². The zero-order valence-corrected chi connectivity index (χ0v) is 19.0. The molecule has 0 fully saturated rings. The molecule has 0 bridgehead atoms. The van der Waals surface area contributed by atoms with Crippen molar-refractivity contribution < 1.29 is 18.6 Å². The highest BCUT2D eigenvalue weighted by Crippen LogP contribution is 2.38. The average Bonchev–Trinajstić information content (AvgIpc) is 3.31. The maximum Gasteiger partial charge on any atom is 0.226 e. The molecule has 0 aliphatic rings. The van der Waals surface area contributed by atoms with Gasteiger partial charge in [-0.05, 0) is 43.7 Å². The maximum atomic E-state index is 5.66. The summed E-state index contributed by atoms with van der Waals surface area (Å²) in [5, 5.41) is 6.53. The highest BCUT2D eigenvalue weighted by atomic mass is 16.5. The van der Waals surface area contributed by atoms with Crippen molar-refractivity contribution in [2.45, 2.75) is 26.9 Å². The number of nitrogens with zero attached hydrogens (tertiary/aromatic N) is 2. The third-order valence-corrected chi connectivity index (χ3v) is 4.58. The van der Waals surface area contributed by atoms with Gasteiger partial charge in [0.25, 0.3) is 0 Å². The van der Waals surface area contributed by atoms with Gasteiger partial charge in [0.2, 0.25) is 11.6 Å². The molecule has 3 rings (SSSR count). The van der Waals surface area contributed by atoms with Gasteiger partial charge in [0.1, 0.15) is 6.26 Å². The Bertz CT molecular complexity index is 993. The summed E-state index contributed by atoms with van der Waals surface area (Å²) in [4.78, 5) is 9.22. The Morgan fingerprint density at radius 3 is 2.38 bits per heavy atom. The van der Waals surface area contributed by atoms with Crippen LogP contribution in [0.5, 0.6) is 17.2 Å². The first-order chi connectivity index (χ1) is 15.7. The number of rotatable bonds is 10. The van der Waals surface area contributed by atoms with E-state index in [0.29, 0.717) is 48.8 Å². The summed E-state index contributed by atoms with van der Waals surface area (Å²) in [7, 11) is 3.22. The fourth-order valence-corrected chi connectivity index (χ4v) is 3.10. The molecule has 0 aliphatic carbocycles. The Hall–Kier alpha value is -3.68. The lowest BCUT2D eigenvalue weighted by Crippen LogP contribution is -2.36. The van der Waals surface area contributed by atoms with Crippen molar-refractivity contribution >= 4 is 5.96 Å². The number of oxazole rings is 1. The molecule has 0 radical (unpaired) electrons. The minimum absolute atomic E-state index is 0.433. The van der Waals surface area contributed by atoms with E-state index in [1.165, 1.54) is 0 Å². The zero-order chi connectivity index (χ0) is 22.8. The summed E-state index contributed by atoms with van der Waals surface area (Å²) in [6.07, 6.45) is 1.65. The van der Waals surface area contributed by atoms with Crippen molar-refractivity contribution in [3.63, 3.8) is 0 Å². The lowest BCUT2D eigenvalue weighted by molar-refractivity contribution is 0.288. The fourth-order valence-electron chi connectivity index (χ4n) is 3.10. The summed E-state index contributed by atoms with van der Waals surface area (Å²) in [5.74, 6) is 3.09. The van der Waals surface area contributed by atoms with Crippen LogP contribution in [0, 0.1) is 0 Å². The molecule has 32 heavy (non-hydrogen) atoms. The molecule has 0 aliphatic heterocycles. The second-order valence-corrected chi connectivity index (χ2v) is 6.82. The summed E-state index contributed by atoms with van der Waals surface area (Å²) in [6, 6.07) is 13.6. The Kier molecular flexibility index (Phi) is 8.36. The third kappa shape index (κ3) is 5.94. The summed E-state index contributed by atoms with van der Waals surface area (Å²) >= 11 is 0. The number of aliphatic imine (C=N–C) groups is 1. The molecule has 0 amide bonds. The normalized spacial score (nSPS) is 11.2. The van der Waals surface area contributed by atoms with E-state index >= 15 is 0 Å². The highest BCUT2D eigenvalue weighted by molar-refractivity contribution is 5.79. The summed E-state index contributed by atoms with van der Waals surface area (Å²) in [6.45, 7) is 6.11. The summed E-state index contributed by atoms with van der Waals surface area (Å²) in [5.41, 5.74) is 2.67. The van der Waals surface area contributed by atoms with E-state index in [-0.39, 0.29) is 0 Å². The number of benzene rings is 2. The quantitative estimate of drug-likeness (QED) is 0.365. The molecule has 2 aromatic carbocycles. The topological polar surface area (TPSA) is 90.1 Å². The second kappa shape index (κ2) is 11.6. The first kappa shape index (κ1) is 23.0. The van der Waals surface area contributed by atoms with Gasteiger partial charge in [0.05, 0.1) is 39.6 Å². The molecule has 8 nitrogen and oxygen atoms in total. The lowest BCUT2D eigenvalue weighted by atomic mass is 10.2. The number of ether oxygens (including phenoxy) is 3. The fraction of sp³-hybridized carbons (Fsp3) is 0.333. The van der Waals surface area contributed by atoms with Gasteiger partial charge in [0, 0.05) is 12.1 Å². The number of nitrogens with one attached hydrogen (secondary N) is 2. The highest BCUT2D eigenvalue weighted by Gasteiger charge is 2.14. The predicted molar refractivity (Wildman–Crippen MR) is 124 cm³/mol. The van der Waals surface area contributed by atoms with Crippen LogP contribution in [-0.4, -0.2) is 38.3 Å². The van der Waals surface area contributed by atoms with Gasteiger partial charge in [-0.3, -0.25) is 0 Å². The molecular weight excluding hydrogens is 408 g/mol. The monoisotopic (exact) mass is 438 g/mol. The maximum absolute atomic E-state index is 5.66. The lowest BCUT2D eigenvalue weighted by Gasteiger charge is -2.15.